The van der Waals surface area contributed by atoms with Crippen LogP contribution in [0.4, 0.5) is 0 Å². The summed E-state index contributed by atoms with van der Waals surface area (Å²) in [5.41, 5.74) is 4.40. The second-order valence-electron chi connectivity index (χ2n) is 8.77. The lowest BCUT2D eigenvalue weighted by Crippen LogP contribution is -2.41. The molecule has 3 rings (SSSR count). The first-order chi connectivity index (χ1) is 8.74. The van der Waals surface area contributed by atoms with Crippen LogP contribution in [0.25, 0.3) is 0 Å². The molecule has 1 saturated carbocycles. The summed E-state index contributed by atoms with van der Waals surface area (Å²) in [6.07, 6.45) is 2.66. The Balaban J connectivity index is 2.09. The maximum Gasteiger partial charge on any atom is 0.0682 e. The molecule has 1 nitrogen and oxygen atoms in total. The van der Waals surface area contributed by atoms with Crippen LogP contribution in [0.15, 0.2) is 11.1 Å². The van der Waals surface area contributed by atoms with Gasteiger partial charge in [0.2, 0.25) is 0 Å². The fraction of sp³-hybridized carbons (Fsp3) is 0.889. The molecule has 4 unspecified atom stereocenters. The summed E-state index contributed by atoms with van der Waals surface area (Å²) in [6.45, 7) is 16.7. The number of allylic oxidation sites excluding steroid dienone is 1. The standard InChI is InChI=1S/C18H30O/c1-11-9-19-10-15-13(11)7-18(5,6)16-12(2)17(3,4)8-14(15)16/h11-13,16H,7-10H2,1-6H3. The van der Waals surface area contributed by atoms with E-state index in [4.69, 9.17) is 4.74 Å². The summed E-state index contributed by atoms with van der Waals surface area (Å²) in [6, 6.07) is 0. The van der Waals surface area contributed by atoms with Crippen LogP contribution in [0.2, 0.25) is 0 Å². The summed E-state index contributed by atoms with van der Waals surface area (Å²) in [7, 11) is 0. The van der Waals surface area contributed by atoms with Crippen LogP contribution in [0, 0.1) is 34.5 Å². The van der Waals surface area contributed by atoms with Crippen LogP contribution in [0.1, 0.15) is 54.4 Å². The molecule has 0 aromatic heterocycles. The second kappa shape index (κ2) is 4.10. The lowest BCUT2D eigenvalue weighted by atomic mass is 9.58. The van der Waals surface area contributed by atoms with Gasteiger partial charge >= 0.3 is 0 Å². The normalized spacial score (nSPS) is 43.9. The Kier molecular flexibility index (Phi) is 2.95. The molecule has 0 N–H and O–H groups in total. The van der Waals surface area contributed by atoms with Crippen LogP contribution < -0.4 is 0 Å². The van der Waals surface area contributed by atoms with Gasteiger partial charge in [-0.2, -0.15) is 0 Å². The summed E-state index contributed by atoms with van der Waals surface area (Å²) >= 11 is 0. The topological polar surface area (TPSA) is 9.23 Å². The van der Waals surface area contributed by atoms with Crippen molar-refractivity contribution >= 4 is 0 Å². The van der Waals surface area contributed by atoms with E-state index >= 15 is 0 Å². The van der Waals surface area contributed by atoms with Gasteiger partial charge in [0.05, 0.1) is 13.2 Å². The number of hydrogen-bond acceptors (Lipinski definition) is 1. The molecular weight excluding hydrogens is 232 g/mol. The summed E-state index contributed by atoms with van der Waals surface area (Å²) in [5.74, 6) is 3.07. The predicted octanol–water partition coefficient (Wildman–Crippen LogP) is 4.68. The molecule has 3 aliphatic rings. The summed E-state index contributed by atoms with van der Waals surface area (Å²) in [5, 5.41) is 0. The molecule has 108 valence electrons. The first kappa shape index (κ1) is 13.7. The van der Waals surface area contributed by atoms with Gasteiger partial charge in [-0.05, 0) is 52.9 Å². The summed E-state index contributed by atoms with van der Waals surface area (Å²) in [4.78, 5) is 0. The molecule has 2 fully saturated rings. The van der Waals surface area contributed by atoms with Gasteiger partial charge in [0.1, 0.15) is 0 Å². The third-order valence-electron chi connectivity index (χ3n) is 6.53. The van der Waals surface area contributed by atoms with Crippen molar-refractivity contribution in [3.63, 3.8) is 0 Å². The van der Waals surface area contributed by atoms with Gasteiger partial charge in [0.25, 0.3) is 0 Å². The zero-order chi connectivity index (χ0) is 14.0. The van der Waals surface area contributed by atoms with Gasteiger partial charge in [0, 0.05) is 0 Å². The fourth-order valence-corrected chi connectivity index (χ4v) is 5.25. The highest BCUT2D eigenvalue weighted by Crippen LogP contribution is 2.62. The van der Waals surface area contributed by atoms with Gasteiger partial charge < -0.3 is 4.74 Å². The number of rotatable bonds is 0. The molecular formula is C18H30O. The van der Waals surface area contributed by atoms with E-state index in [0.717, 1.165) is 31.0 Å². The van der Waals surface area contributed by atoms with E-state index in [2.05, 4.69) is 41.5 Å². The van der Waals surface area contributed by atoms with E-state index in [0.29, 0.717) is 16.7 Å². The maximum absolute atomic E-state index is 5.87. The molecule has 19 heavy (non-hydrogen) atoms. The van der Waals surface area contributed by atoms with Gasteiger partial charge in [-0.1, -0.05) is 47.1 Å². The molecule has 2 aliphatic carbocycles. The smallest absolute Gasteiger partial charge is 0.0682 e. The van der Waals surface area contributed by atoms with Crippen LogP contribution >= 0.6 is 0 Å². The average molecular weight is 262 g/mol. The maximum atomic E-state index is 5.87. The lowest BCUT2D eigenvalue weighted by molar-refractivity contribution is 0.0217. The highest BCUT2D eigenvalue weighted by Gasteiger charge is 2.54. The molecule has 1 saturated heterocycles. The molecule has 0 radical (unpaired) electrons. The molecule has 0 aromatic carbocycles. The Hall–Kier alpha value is -0.300. The van der Waals surface area contributed by atoms with Crippen LogP contribution in [0.3, 0.4) is 0 Å². The lowest BCUT2D eigenvalue weighted by Gasteiger charge is -2.48. The quantitative estimate of drug-likeness (QED) is 0.576. The zero-order valence-electron chi connectivity index (χ0n) is 13.5. The van der Waals surface area contributed by atoms with Crippen molar-refractivity contribution in [2.24, 2.45) is 34.5 Å². The first-order valence-electron chi connectivity index (χ1n) is 8.03. The number of fused-ring (bicyclic) bond motifs is 2. The van der Waals surface area contributed by atoms with Crippen molar-refractivity contribution in [3.05, 3.63) is 11.1 Å². The highest BCUT2D eigenvalue weighted by atomic mass is 16.5. The van der Waals surface area contributed by atoms with Gasteiger partial charge in [-0.25, -0.2) is 0 Å². The minimum absolute atomic E-state index is 0.458. The van der Waals surface area contributed by atoms with Gasteiger partial charge in [-0.3, -0.25) is 0 Å². The Morgan fingerprint density at radius 1 is 1.00 bits per heavy atom. The van der Waals surface area contributed by atoms with E-state index in [9.17, 15) is 0 Å². The monoisotopic (exact) mass is 262 g/mol. The summed E-state index contributed by atoms with van der Waals surface area (Å²) < 4.78 is 5.87. The van der Waals surface area contributed by atoms with Crippen LogP contribution in [0.5, 0.6) is 0 Å². The van der Waals surface area contributed by atoms with Gasteiger partial charge in [0.15, 0.2) is 0 Å². The Labute approximate surface area is 118 Å². The Bertz CT molecular complexity index is 415. The molecule has 1 heteroatoms. The predicted molar refractivity (Wildman–Crippen MR) is 79.9 cm³/mol. The minimum Gasteiger partial charge on any atom is -0.377 e. The van der Waals surface area contributed by atoms with Crippen molar-refractivity contribution in [1.29, 1.82) is 0 Å². The first-order valence-corrected chi connectivity index (χ1v) is 8.03. The highest BCUT2D eigenvalue weighted by molar-refractivity contribution is 5.33. The number of ether oxygens (including phenoxy) is 1. The third kappa shape index (κ3) is 1.92. The van der Waals surface area contributed by atoms with E-state index < -0.39 is 0 Å². The van der Waals surface area contributed by atoms with Crippen molar-refractivity contribution in [2.45, 2.75) is 54.4 Å². The van der Waals surface area contributed by atoms with Crippen molar-refractivity contribution < 1.29 is 4.74 Å². The molecule has 0 amide bonds. The van der Waals surface area contributed by atoms with Crippen LogP contribution in [-0.4, -0.2) is 13.2 Å². The van der Waals surface area contributed by atoms with Crippen molar-refractivity contribution in [3.8, 4) is 0 Å². The van der Waals surface area contributed by atoms with Crippen LogP contribution in [-0.2, 0) is 4.74 Å². The molecule has 0 aromatic rings. The largest absolute Gasteiger partial charge is 0.377 e. The molecule has 4 atom stereocenters. The zero-order valence-corrected chi connectivity index (χ0v) is 13.5. The van der Waals surface area contributed by atoms with E-state index in [1.54, 1.807) is 11.1 Å². The molecule has 1 aliphatic heterocycles. The minimum atomic E-state index is 0.458. The molecule has 0 bridgehead atoms. The fourth-order valence-electron chi connectivity index (χ4n) is 5.25. The van der Waals surface area contributed by atoms with Crippen molar-refractivity contribution in [1.82, 2.24) is 0 Å². The molecule has 0 spiro atoms. The average Bonchev–Trinajstić information content (AvgIpc) is 2.53. The SMILES string of the molecule is CC1COCC2=C3CC(C)(C)C(C)C3C(C)(C)CC21. The van der Waals surface area contributed by atoms with E-state index in [1.807, 2.05) is 0 Å². The third-order valence-corrected chi connectivity index (χ3v) is 6.53. The van der Waals surface area contributed by atoms with Gasteiger partial charge in [-0.15, -0.1) is 0 Å². The van der Waals surface area contributed by atoms with E-state index in [1.165, 1.54) is 12.8 Å². The Morgan fingerprint density at radius 3 is 2.37 bits per heavy atom. The second-order valence-corrected chi connectivity index (χ2v) is 8.77. The Morgan fingerprint density at radius 2 is 1.68 bits per heavy atom. The molecule has 1 heterocycles. The van der Waals surface area contributed by atoms with E-state index in [-0.39, 0.29) is 0 Å². The van der Waals surface area contributed by atoms with Crippen molar-refractivity contribution in [2.75, 3.05) is 13.2 Å². The number of hydrogen-bond donors (Lipinski definition) is 0.